The normalized spacial score (nSPS) is 10.1. The quantitative estimate of drug-likeness (QED) is 0.752. The molecular formula is C20H23NO6. The maximum Gasteiger partial charge on any atom is 0.340 e. The van der Waals surface area contributed by atoms with E-state index in [1.54, 1.807) is 7.11 Å². The monoisotopic (exact) mass is 373 g/mol. The first kappa shape index (κ1) is 20.1. The summed E-state index contributed by atoms with van der Waals surface area (Å²) in [5, 5.41) is 2.74. The fraction of sp³-hybridized carbons (Fsp3) is 0.300. The molecule has 0 aliphatic carbocycles. The highest BCUT2D eigenvalue weighted by atomic mass is 16.5. The molecule has 0 radical (unpaired) electrons. The van der Waals surface area contributed by atoms with Gasteiger partial charge < -0.3 is 24.3 Å². The van der Waals surface area contributed by atoms with E-state index in [-0.39, 0.29) is 23.6 Å². The van der Waals surface area contributed by atoms with E-state index in [2.05, 4.69) is 5.32 Å². The Morgan fingerprint density at radius 2 is 1.52 bits per heavy atom. The van der Waals surface area contributed by atoms with Crippen molar-refractivity contribution in [1.29, 1.82) is 0 Å². The highest BCUT2D eigenvalue weighted by Crippen LogP contribution is 2.34. The largest absolute Gasteiger partial charge is 0.496 e. The molecule has 0 aliphatic rings. The van der Waals surface area contributed by atoms with Crippen molar-refractivity contribution in [3.05, 3.63) is 47.0 Å². The molecule has 0 aromatic heterocycles. The van der Waals surface area contributed by atoms with Crippen molar-refractivity contribution in [1.82, 2.24) is 0 Å². The molecule has 0 heterocycles. The first-order valence-corrected chi connectivity index (χ1v) is 8.21. The Hall–Kier alpha value is -3.22. The summed E-state index contributed by atoms with van der Waals surface area (Å²) < 4.78 is 20.5. The van der Waals surface area contributed by atoms with Crippen LogP contribution in [0.3, 0.4) is 0 Å². The number of carbonyl (C=O) groups is 2. The number of esters is 1. The molecule has 0 bridgehead atoms. The minimum absolute atomic E-state index is 0.139. The Morgan fingerprint density at radius 3 is 2.07 bits per heavy atom. The topological polar surface area (TPSA) is 83.1 Å². The molecule has 0 unspecified atom stereocenters. The Bertz CT molecular complexity index is 847. The Labute approximate surface area is 158 Å². The second-order valence-electron chi connectivity index (χ2n) is 5.77. The number of hydrogen-bond acceptors (Lipinski definition) is 6. The van der Waals surface area contributed by atoms with Gasteiger partial charge in [-0.3, -0.25) is 4.79 Å². The van der Waals surface area contributed by atoms with Crippen LogP contribution in [0.5, 0.6) is 17.2 Å². The van der Waals surface area contributed by atoms with Gasteiger partial charge in [0.05, 0.1) is 46.1 Å². The van der Waals surface area contributed by atoms with Crippen LogP contribution in [-0.2, 0) is 16.0 Å². The number of rotatable bonds is 7. The van der Waals surface area contributed by atoms with E-state index >= 15 is 0 Å². The van der Waals surface area contributed by atoms with E-state index in [4.69, 9.17) is 18.9 Å². The van der Waals surface area contributed by atoms with Crippen LogP contribution < -0.4 is 19.5 Å². The molecule has 144 valence electrons. The maximum absolute atomic E-state index is 12.5. The molecule has 0 aliphatic heterocycles. The predicted molar refractivity (Wildman–Crippen MR) is 101 cm³/mol. The number of carbonyl (C=O) groups excluding carboxylic acids is 2. The van der Waals surface area contributed by atoms with Crippen molar-refractivity contribution in [3.63, 3.8) is 0 Å². The molecule has 2 aromatic carbocycles. The summed E-state index contributed by atoms with van der Waals surface area (Å²) in [6.45, 7) is 1.91. The van der Waals surface area contributed by atoms with Gasteiger partial charge in [-0.05, 0) is 24.1 Å². The summed E-state index contributed by atoms with van der Waals surface area (Å²) in [7, 11) is 5.80. The highest BCUT2D eigenvalue weighted by molar-refractivity contribution is 6.02. The van der Waals surface area contributed by atoms with Crippen LogP contribution in [0.15, 0.2) is 30.3 Å². The standard InChI is InChI=1S/C20H23NO6/c1-12-8-13(6-7-16(12)24-2)9-19(22)21-15-11-18(26-4)17(25-3)10-14(15)20(23)27-5/h6-8,10-11H,9H2,1-5H3,(H,21,22). The third-order valence-electron chi connectivity index (χ3n) is 4.03. The molecule has 1 amide bonds. The van der Waals surface area contributed by atoms with Gasteiger partial charge in [-0.2, -0.15) is 0 Å². The maximum atomic E-state index is 12.5. The molecule has 2 aromatic rings. The lowest BCUT2D eigenvalue weighted by molar-refractivity contribution is -0.115. The molecular weight excluding hydrogens is 350 g/mol. The van der Waals surface area contributed by atoms with Gasteiger partial charge in [0.1, 0.15) is 5.75 Å². The van der Waals surface area contributed by atoms with E-state index in [1.807, 2.05) is 25.1 Å². The molecule has 1 N–H and O–H groups in total. The van der Waals surface area contributed by atoms with Gasteiger partial charge in [-0.1, -0.05) is 12.1 Å². The Kier molecular flexibility index (Phi) is 6.65. The molecule has 2 rings (SSSR count). The van der Waals surface area contributed by atoms with Gasteiger partial charge in [-0.15, -0.1) is 0 Å². The number of hydrogen-bond donors (Lipinski definition) is 1. The molecule has 7 heteroatoms. The van der Waals surface area contributed by atoms with Crippen molar-refractivity contribution in [2.45, 2.75) is 13.3 Å². The lowest BCUT2D eigenvalue weighted by atomic mass is 10.1. The summed E-state index contributed by atoms with van der Waals surface area (Å²) in [5.74, 6) is 0.637. The predicted octanol–water partition coefficient (Wildman–Crippen LogP) is 2.99. The summed E-state index contributed by atoms with van der Waals surface area (Å²) in [6, 6.07) is 8.52. The average Bonchev–Trinajstić information content (AvgIpc) is 2.67. The summed E-state index contributed by atoms with van der Waals surface area (Å²) >= 11 is 0. The van der Waals surface area contributed by atoms with Crippen molar-refractivity contribution < 1.29 is 28.5 Å². The van der Waals surface area contributed by atoms with Crippen LogP contribution in [0.4, 0.5) is 5.69 Å². The van der Waals surface area contributed by atoms with Crippen molar-refractivity contribution in [3.8, 4) is 17.2 Å². The van der Waals surface area contributed by atoms with Gasteiger partial charge in [0, 0.05) is 12.1 Å². The second-order valence-corrected chi connectivity index (χ2v) is 5.77. The van der Waals surface area contributed by atoms with Crippen LogP contribution in [-0.4, -0.2) is 40.3 Å². The SMILES string of the molecule is COC(=O)c1cc(OC)c(OC)cc1NC(=O)Cc1ccc(OC)c(C)c1. The van der Waals surface area contributed by atoms with E-state index in [9.17, 15) is 9.59 Å². The first-order chi connectivity index (χ1) is 12.9. The van der Waals surface area contributed by atoms with Gasteiger partial charge in [0.15, 0.2) is 11.5 Å². The van der Waals surface area contributed by atoms with Gasteiger partial charge in [0.2, 0.25) is 5.91 Å². The third kappa shape index (κ3) is 4.69. The lowest BCUT2D eigenvalue weighted by Crippen LogP contribution is -2.17. The zero-order valence-corrected chi connectivity index (χ0v) is 16.0. The molecule has 27 heavy (non-hydrogen) atoms. The molecule has 0 fully saturated rings. The summed E-state index contributed by atoms with van der Waals surface area (Å²) in [6.07, 6.45) is 0.139. The minimum Gasteiger partial charge on any atom is -0.496 e. The number of nitrogens with one attached hydrogen (secondary N) is 1. The van der Waals surface area contributed by atoms with Gasteiger partial charge in [0.25, 0.3) is 0 Å². The zero-order chi connectivity index (χ0) is 20.0. The van der Waals surface area contributed by atoms with Crippen LogP contribution in [0.25, 0.3) is 0 Å². The third-order valence-corrected chi connectivity index (χ3v) is 4.03. The second kappa shape index (κ2) is 8.93. The van der Waals surface area contributed by atoms with Crippen molar-refractivity contribution in [2.24, 2.45) is 0 Å². The average molecular weight is 373 g/mol. The highest BCUT2D eigenvalue weighted by Gasteiger charge is 2.19. The number of benzene rings is 2. The lowest BCUT2D eigenvalue weighted by Gasteiger charge is -2.15. The fourth-order valence-electron chi connectivity index (χ4n) is 2.69. The number of aryl methyl sites for hydroxylation is 1. The fourth-order valence-corrected chi connectivity index (χ4v) is 2.69. The van der Waals surface area contributed by atoms with Crippen LogP contribution in [0, 0.1) is 6.92 Å². The molecule has 0 atom stereocenters. The van der Waals surface area contributed by atoms with Crippen molar-refractivity contribution in [2.75, 3.05) is 33.8 Å². The van der Waals surface area contributed by atoms with E-state index < -0.39 is 5.97 Å². The molecule has 0 saturated heterocycles. The van der Waals surface area contributed by atoms with Gasteiger partial charge in [-0.25, -0.2) is 4.79 Å². The van der Waals surface area contributed by atoms with Crippen LogP contribution in [0.1, 0.15) is 21.5 Å². The molecule has 0 saturated carbocycles. The van der Waals surface area contributed by atoms with E-state index in [0.29, 0.717) is 11.5 Å². The first-order valence-electron chi connectivity index (χ1n) is 8.21. The molecule has 0 spiro atoms. The number of amides is 1. The Morgan fingerprint density at radius 1 is 0.889 bits per heavy atom. The van der Waals surface area contributed by atoms with Crippen LogP contribution >= 0.6 is 0 Å². The smallest absolute Gasteiger partial charge is 0.340 e. The van der Waals surface area contributed by atoms with Crippen molar-refractivity contribution >= 4 is 17.6 Å². The van der Waals surface area contributed by atoms with E-state index in [0.717, 1.165) is 16.9 Å². The summed E-state index contributed by atoms with van der Waals surface area (Å²) in [4.78, 5) is 24.6. The number of ether oxygens (including phenoxy) is 4. The zero-order valence-electron chi connectivity index (χ0n) is 16.0. The van der Waals surface area contributed by atoms with Crippen LogP contribution in [0.2, 0.25) is 0 Å². The Balaban J connectivity index is 2.27. The molecule has 7 nitrogen and oxygen atoms in total. The van der Waals surface area contributed by atoms with E-state index in [1.165, 1.54) is 33.5 Å². The van der Waals surface area contributed by atoms with Gasteiger partial charge >= 0.3 is 5.97 Å². The number of anilines is 1. The minimum atomic E-state index is -0.591. The number of methoxy groups -OCH3 is 4. The summed E-state index contributed by atoms with van der Waals surface area (Å²) in [5.41, 5.74) is 2.22.